The molecule has 8 nitrogen and oxygen atoms in total. The van der Waals surface area contributed by atoms with Crippen LogP contribution in [0.5, 0.6) is 0 Å². The summed E-state index contributed by atoms with van der Waals surface area (Å²) in [6, 6.07) is 4.95. The number of nitrogens with one attached hydrogen (secondary N) is 2. The fourth-order valence-electron chi connectivity index (χ4n) is 3.23. The summed E-state index contributed by atoms with van der Waals surface area (Å²) in [5, 5.41) is 23.4. The van der Waals surface area contributed by atoms with Crippen LogP contribution in [0.15, 0.2) is 37.1 Å². The molecule has 1 aromatic carbocycles. The molecule has 1 amide bonds. The number of benzene rings is 1. The molecule has 3 N–H and O–H groups in total. The summed E-state index contributed by atoms with van der Waals surface area (Å²) in [6.45, 7) is 5.41. The first-order valence-corrected chi connectivity index (χ1v) is 10.1. The highest BCUT2D eigenvalue weighted by Gasteiger charge is 2.26. The quantitative estimate of drug-likeness (QED) is 0.539. The molecule has 0 unspecified atom stereocenters. The molecule has 2 aromatic heterocycles. The van der Waals surface area contributed by atoms with Gasteiger partial charge in [0.15, 0.2) is 5.82 Å². The Morgan fingerprint density at radius 2 is 1.97 bits per heavy atom. The maximum Gasteiger partial charge on any atom is 0.254 e. The second kappa shape index (κ2) is 8.07. The molecule has 1 saturated carbocycles. The minimum Gasteiger partial charge on any atom is -0.394 e. The molecule has 1 aliphatic rings. The normalized spacial score (nSPS) is 13.8. The van der Waals surface area contributed by atoms with Crippen LogP contribution >= 0.6 is 0 Å². The highest BCUT2D eigenvalue weighted by atomic mass is 19.1. The van der Waals surface area contributed by atoms with Crippen molar-refractivity contribution in [3.05, 3.63) is 54.0 Å². The van der Waals surface area contributed by atoms with Crippen molar-refractivity contribution in [2.24, 2.45) is 0 Å². The van der Waals surface area contributed by atoms with E-state index in [0.29, 0.717) is 28.2 Å². The number of pyridine rings is 1. The van der Waals surface area contributed by atoms with Crippen molar-refractivity contribution in [1.82, 2.24) is 25.1 Å². The first-order valence-electron chi connectivity index (χ1n) is 10.1. The zero-order valence-corrected chi connectivity index (χ0v) is 17.7. The minimum absolute atomic E-state index is 0.0157. The van der Waals surface area contributed by atoms with Crippen LogP contribution in [0.2, 0.25) is 0 Å². The topological polar surface area (TPSA) is 105 Å². The Hall–Kier alpha value is -3.33. The van der Waals surface area contributed by atoms with Crippen LogP contribution in [0.1, 0.15) is 42.6 Å². The molecule has 3 aromatic rings. The van der Waals surface area contributed by atoms with Crippen LogP contribution in [0, 0.1) is 12.7 Å². The number of aliphatic hydroxyl groups excluding tert-OH is 1. The zero-order valence-electron chi connectivity index (χ0n) is 17.7. The van der Waals surface area contributed by atoms with Crippen LogP contribution in [0.3, 0.4) is 0 Å². The third kappa shape index (κ3) is 4.56. The molecular formula is C22H25FN6O2. The Morgan fingerprint density at radius 3 is 2.61 bits per heavy atom. The molecule has 9 heteroatoms. The average molecular weight is 424 g/mol. The van der Waals surface area contributed by atoms with E-state index < -0.39 is 17.3 Å². The van der Waals surface area contributed by atoms with Crippen molar-refractivity contribution < 1.29 is 14.3 Å². The van der Waals surface area contributed by atoms with E-state index in [9.17, 15) is 14.3 Å². The minimum atomic E-state index is -0.600. The van der Waals surface area contributed by atoms with Crippen molar-refractivity contribution in [3.63, 3.8) is 0 Å². The van der Waals surface area contributed by atoms with Crippen molar-refractivity contribution in [2.75, 3.05) is 11.9 Å². The second-order valence-electron chi connectivity index (χ2n) is 8.52. The van der Waals surface area contributed by atoms with Gasteiger partial charge in [0.1, 0.15) is 18.5 Å². The molecule has 0 saturated heterocycles. The van der Waals surface area contributed by atoms with Crippen LogP contribution < -0.4 is 10.6 Å². The standard InChI is InChI=1S/C22H25FN6O2/c1-13-6-18(23)17(21(31)27-15-4-5-15)8-16(13)14-7-19(29-11-25-26-12-29)20(24-9-14)28-22(2,3)10-30/h6-9,11-12,15,30H,4-5,10H2,1-3H3,(H,24,28)(H,27,31). The lowest BCUT2D eigenvalue weighted by atomic mass is 9.98. The number of nitrogens with zero attached hydrogens (tertiary/aromatic N) is 4. The molecule has 0 spiro atoms. The largest absolute Gasteiger partial charge is 0.394 e. The number of hydrogen-bond acceptors (Lipinski definition) is 6. The third-order valence-corrected chi connectivity index (χ3v) is 5.20. The van der Waals surface area contributed by atoms with Gasteiger partial charge >= 0.3 is 0 Å². The lowest BCUT2D eigenvalue weighted by Gasteiger charge is -2.26. The first kappa shape index (κ1) is 20.9. The van der Waals surface area contributed by atoms with E-state index >= 15 is 0 Å². The number of anilines is 1. The Balaban J connectivity index is 1.77. The number of hydrogen-bond donors (Lipinski definition) is 3. The highest BCUT2D eigenvalue weighted by molar-refractivity contribution is 5.96. The van der Waals surface area contributed by atoms with Gasteiger partial charge in [0.2, 0.25) is 0 Å². The maximum atomic E-state index is 14.5. The first-order chi connectivity index (χ1) is 14.8. The Labute approximate surface area is 179 Å². The second-order valence-corrected chi connectivity index (χ2v) is 8.52. The molecule has 162 valence electrons. The zero-order chi connectivity index (χ0) is 22.2. The Morgan fingerprint density at radius 1 is 1.26 bits per heavy atom. The summed E-state index contributed by atoms with van der Waals surface area (Å²) < 4.78 is 16.2. The number of aryl methyl sites for hydroxylation is 1. The summed E-state index contributed by atoms with van der Waals surface area (Å²) >= 11 is 0. The number of aromatic nitrogens is 4. The van der Waals surface area contributed by atoms with E-state index in [2.05, 4.69) is 25.8 Å². The number of carbonyl (C=O) groups excluding carboxylic acids is 1. The van der Waals surface area contributed by atoms with Gasteiger partial charge in [-0.3, -0.25) is 9.36 Å². The number of halogens is 1. The van der Waals surface area contributed by atoms with Crippen LogP contribution in [-0.2, 0) is 0 Å². The Bertz CT molecular complexity index is 1110. The van der Waals surface area contributed by atoms with Gasteiger partial charge in [-0.15, -0.1) is 10.2 Å². The van der Waals surface area contributed by atoms with Crippen molar-refractivity contribution in [2.45, 2.75) is 45.2 Å². The van der Waals surface area contributed by atoms with Gasteiger partial charge in [-0.25, -0.2) is 9.37 Å². The predicted molar refractivity (Wildman–Crippen MR) is 115 cm³/mol. The van der Waals surface area contributed by atoms with E-state index in [-0.39, 0.29) is 18.2 Å². The number of aliphatic hydroxyl groups is 1. The SMILES string of the molecule is Cc1cc(F)c(C(=O)NC2CC2)cc1-c1cnc(NC(C)(C)CO)c(-n2cnnc2)c1. The van der Waals surface area contributed by atoms with E-state index in [0.717, 1.165) is 12.8 Å². The van der Waals surface area contributed by atoms with Crippen LogP contribution in [0.25, 0.3) is 16.8 Å². The molecule has 31 heavy (non-hydrogen) atoms. The summed E-state index contributed by atoms with van der Waals surface area (Å²) in [6.07, 6.45) is 6.61. The van der Waals surface area contributed by atoms with Gasteiger partial charge in [0.05, 0.1) is 23.4 Å². The summed E-state index contributed by atoms with van der Waals surface area (Å²) in [5.41, 5.74) is 2.19. The summed E-state index contributed by atoms with van der Waals surface area (Å²) in [4.78, 5) is 17.0. The van der Waals surface area contributed by atoms with Gasteiger partial charge in [0.25, 0.3) is 5.91 Å². The molecule has 0 bridgehead atoms. The van der Waals surface area contributed by atoms with Crippen molar-refractivity contribution in [3.8, 4) is 16.8 Å². The van der Waals surface area contributed by atoms with Crippen molar-refractivity contribution in [1.29, 1.82) is 0 Å². The maximum absolute atomic E-state index is 14.5. The molecule has 2 heterocycles. The highest BCUT2D eigenvalue weighted by Crippen LogP contribution is 2.31. The number of rotatable bonds is 7. The smallest absolute Gasteiger partial charge is 0.254 e. The average Bonchev–Trinajstić information content (AvgIpc) is 3.37. The number of amides is 1. The fourth-order valence-corrected chi connectivity index (χ4v) is 3.23. The van der Waals surface area contributed by atoms with Crippen LogP contribution in [0.4, 0.5) is 10.2 Å². The monoisotopic (exact) mass is 424 g/mol. The van der Waals surface area contributed by atoms with E-state index in [4.69, 9.17) is 0 Å². The van der Waals surface area contributed by atoms with Gasteiger partial charge in [0, 0.05) is 17.8 Å². The predicted octanol–water partition coefficient (Wildman–Crippen LogP) is 2.85. The van der Waals surface area contributed by atoms with Gasteiger partial charge in [-0.2, -0.15) is 0 Å². The van der Waals surface area contributed by atoms with Crippen molar-refractivity contribution >= 4 is 11.7 Å². The van der Waals surface area contributed by atoms with E-state index in [1.54, 1.807) is 36.4 Å². The van der Waals surface area contributed by atoms with E-state index in [1.807, 2.05) is 19.9 Å². The van der Waals surface area contributed by atoms with Gasteiger partial charge in [-0.05, 0) is 62.9 Å². The van der Waals surface area contributed by atoms with E-state index in [1.165, 1.54) is 6.07 Å². The fraction of sp³-hybridized carbons (Fsp3) is 0.364. The lowest BCUT2D eigenvalue weighted by Crippen LogP contribution is -2.35. The Kier molecular flexibility index (Phi) is 5.45. The summed E-state index contributed by atoms with van der Waals surface area (Å²) in [5.74, 6) is -0.417. The summed E-state index contributed by atoms with van der Waals surface area (Å²) in [7, 11) is 0. The lowest BCUT2D eigenvalue weighted by molar-refractivity contribution is 0.0947. The molecule has 0 aliphatic heterocycles. The molecule has 1 aliphatic carbocycles. The van der Waals surface area contributed by atoms with Crippen LogP contribution in [-0.4, -0.2) is 48.9 Å². The number of carbonyl (C=O) groups is 1. The van der Waals surface area contributed by atoms with Gasteiger partial charge < -0.3 is 15.7 Å². The molecule has 1 fully saturated rings. The molecular weight excluding hydrogens is 399 g/mol. The molecule has 4 rings (SSSR count). The third-order valence-electron chi connectivity index (χ3n) is 5.20. The van der Waals surface area contributed by atoms with Gasteiger partial charge in [-0.1, -0.05) is 0 Å². The molecule has 0 atom stereocenters. The molecule has 0 radical (unpaired) electrons.